The molecule has 1 rings (SSSR count). The van der Waals surface area contributed by atoms with Crippen molar-refractivity contribution in [3.63, 3.8) is 0 Å². The third kappa shape index (κ3) is 14.8. The lowest BCUT2D eigenvalue weighted by Crippen LogP contribution is -2.16. The number of ether oxygens (including phenoxy) is 3. The SMILES string of the molecule is CCCCCCCCCCCCCCCCOC(=O)c1ccccc1C(=O)OCCOCC. The van der Waals surface area contributed by atoms with Gasteiger partial charge in [-0.2, -0.15) is 0 Å². The van der Waals surface area contributed by atoms with Crippen LogP contribution in [-0.4, -0.2) is 38.4 Å². The van der Waals surface area contributed by atoms with E-state index in [1.54, 1.807) is 24.3 Å². The lowest BCUT2D eigenvalue weighted by atomic mass is 10.0. The Hall–Kier alpha value is -1.88. The molecule has 0 aromatic heterocycles. The highest BCUT2D eigenvalue weighted by molar-refractivity contribution is 6.03. The molecule has 5 nitrogen and oxygen atoms in total. The number of benzene rings is 1. The first-order valence-corrected chi connectivity index (χ1v) is 13.2. The Kier molecular flexibility index (Phi) is 18.3. The topological polar surface area (TPSA) is 61.8 Å². The van der Waals surface area contributed by atoms with Crippen LogP contribution in [0.2, 0.25) is 0 Å². The molecular formula is C28H46O5. The zero-order chi connectivity index (χ0) is 24.0. The second kappa shape index (κ2) is 20.7. The van der Waals surface area contributed by atoms with E-state index in [4.69, 9.17) is 14.2 Å². The molecule has 0 aliphatic carbocycles. The smallest absolute Gasteiger partial charge is 0.339 e. The summed E-state index contributed by atoms with van der Waals surface area (Å²) in [5.41, 5.74) is 0.490. The molecule has 0 radical (unpaired) electrons. The normalized spacial score (nSPS) is 10.8. The molecule has 5 heteroatoms. The molecule has 0 heterocycles. The summed E-state index contributed by atoms with van der Waals surface area (Å²) in [6.07, 6.45) is 18.0. The average Bonchev–Trinajstić information content (AvgIpc) is 2.84. The van der Waals surface area contributed by atoms with E-state index >= 15 is 0 Å². The number of unbranched alkanes of at least 4 members (excludes halogenated alkanes) is 13. The molecule has 0 N–H and O–H groups in total. The van der Waals surface area contributed by atoms with Gasteiger partial charge < -0.3 is 14.2 Å². The summed E-state index contributed by atoms with van der Waals surface area (Å²) < 4.78 is 15.7. The first kappa shape index (κ1) is 29.2. The largest absolute Gasteiger partial charge is 0.462 e. The Morgan fingerprint density at radius 1 is 0.576 bits per heavy atom. The maximum absolute atomic E-state index is 12.4. The highest BCUT2D eigenvalue weighted by Gasteiger charge is 2.18. The van der Waals surface area contributed by atoms with Crippen molar-refractivity contribution in [3.8, 4) is 0 Å². The number of carbonyl (C=O) groups is 2. The molecule has 0 aliphatic heterocycles. The molecule has 0 saturated carbocycles. The highest BCUT2D eigenvalue weighted by Crippen LogP contribution is 2.14. The average molecular weight is 463 g/mol. The fourth-order valence-electron chi connectivity index (χ4n) is 3.79. The first-order valence-electron chi connectivity index (χ1n) is 13.2. The molecule has 0 unspecified atom stereocenters. The van der Waals surface area contributed by atoms with Crippen LogP contribution in [0, 0.1) is 0 Å². The molecule has 0 spiro atoms. The zero-order valence-corrected chi connectivity index (χ0v) is 21.1. The maximum atomic E-state index is 12.4. The van der Waals surface area contributed by atoms with Gasteiger partial charge in [0.15, 0.2) is 0 Å². The van der Waals surface area contributed by atoms with Gasteiger partial charge in [0.1, 0.15) is 6.61 Å². The van der Waals surface area contributed by atoms with Crippen LogP contribution in [0.5, 0.6) is 0 Å². The van der Waals surface area contributed by atoms with Gasteiger partial charge in [-0.3, -0.25) is 0 Å². The van der Waals surface area contributed by atoms with E-state index in [-0.39, 0.29) is 17.7 Å². The lowest BCUT2D eigenvalue weighted by molar-refractivity contribution is 0.0325. The quantitative estimate of drug-likeness (QED) is 0.140. The standard InChI is InChI=1S/C28H46O5/c1-3-5-6-7-8-9-10-11-12-13-14-15-16-19-22-32-27(29)25-20-17-18-21-26(25)28(30)33-24-23-31-4-2/h17-18,20-21H,3-16,19,22-24H2,1-2H3. The Labute approximate surface area is 201 Å². The van der Waals surface area contributed by atoms with E-state index in [0.29, 0.717) is 19.8 Å². The third-order valence-corrected chi connectivity index (χ3v) is 5.76. The summed E-state index contributed by atoms with van der Waals surface area (Å²) in [7, 11) is 0. The van der Waals surface area contributed by atoms with E-state index in [1.165, 1.54) is 77.0 Å². The van der Waals surface area contributed by atoms with Crippen molar-refractivity contribution in [3.05, 3.63) is 35.4 Å². The molecule has 33 heavy (non-hydrogen) atoms. The van der Waals surface area contributed by atoms with E-state index in [1.807, 2.05) is 6.92 Å². The van der Waals surface area contributed by atoms with Gasteiger partial charge in [0.25, 0.3) is 0 Å². The molecule has 0 atom stereocenters. The van der Waals surface area contributed by atoms with Crippen LogP contribution in [0.3, 0.4) is 0 Å². The molecule has 0 saturated heterocycles. The summed E-state index contributed by atoms with van der Waals surface area (Å²) in [6, 6.07) is 6.63. The fraction of sp³-hybridized carbons (Fsp3) is 0.714. The van der Waals surface area contributed by atoms with Crippen LogP contribution in [0.25, 0.3) is 0 Å². The van der Waals surface area contributed by atoms with E-state index < -0.39 is 11.9 Å². The van der Waals surface area contributed by atoms with Crippen LogP contribution < -0.4 is 0 Å². The lowest BCUT2D eigenvalue weighted by Gasteiger charge is -2.10. The Morgan fingerprint density at radius 2 is 1.00 bits per heavy atom. The predicted molar refractivity (Wildman–Crippen MR) is 134 cm³/mol. The summed E-state index contributed by atoms with van der Waals surface area (Å²) in [6.45, 7) is 5.60. The van der Waals surface area contributed by atoms with Crippen LogP contribution in [-0.2, 0) is 14.2 Å². The van der Waals surface area contributed by atoms with Gasteiger partial charge in [0.2, 0.25) is 0 Å². The molecular weight excluding hydrogens is 416 g/mol. The van der Waals surface area contributed by atoms with Crippen LogP contribution in [0.1, 0.15) is 124 Å². The minimum absolute atomic E-state index is 0.162. The fourth-order valence-corrected chi connectivity index (χ4v) is 3.79. The molecule has 0 aliphatic rings. The maximum Gasteiger partial charge on any atom is 0.339 e. The number of hydrogen-bond acceptors (Lipinski definition) is 5. The van der Waals surface area contributed by atoms with Crippen molar-refractivity contribution >= 4 is 11.9 Å². The van der Waals surface area contributed by atoms with Crippen molar-refractivity contribution in [1.29, 1.82) is 0 Å². The predicted octanol–water partition coefficient (Wildman–Crippen LogP) is 7.52. The Morgan fingerprint density at radius 3 is 1.45 bits per heavy atom. The molecule has 188 valence electrons. The van der Waals surface area contributed by atoms with Gasteiger partial charge in [-0.25, -0.2) is 9.59 Å². The van der Waals surface area contributed by atoms with Crippen molar-refractivity contribution in [2.75, 3.05) is 26.4 Å². The number of rotatable bonds is 21. The second-order valence-electron chi connectivity index (χ2n) is 8.61. The van der Waals surface area contributed by atoms with Gasteiger partial charge in [0.05, 0.1) is 24.3 Å². The van der Waals surface area contributed by atoms with E-state index in [0.717, 1.165) is 12.8 Å². The Bertz CT molecular complexity index is 628. The van der Waals surface area contributed by atoms with Crippen LogP contribution >= 0.6 is 0 Å². The zero-order valence-electron chi connectivity index (χ0n) is 21.1. The molecule has 1 aromatic rings. The monoisotopic (exact) mass is 462 g/mol. The van der Waals surface area contributed by atoms with Gasteiger partial charge in [-0.15, -0.1) is 0 Å². The second-order valence-corrected chi connectivity index (χ2v) is 8.61. The molecule has 0 bridgehead atoms. The summed E-state index contributed by atoms with van der Waals surface area (Å²) in [5, 5.41) is 0. The van der Waals surface area contributed by atoms with Gasteiger partial charge >= 0.3 is 11.9 Å². The molecule has 1 aromatic carbocycles. The summed E-state index contributed by atoms with van der Waals surface area (Å²) >= 11 is 0. The number of hydrogen-bond donors (Lipinski definition) is 0. The Balaban J connectivity index is 2.08. The van der Waals surface area contributed by atoms with Gasteiger partial charge in [-0.05, 0) is 25.5 Å². The third-order valence-electron chi connectivity index (χ3n) is 5.76. The summed E-state index contributed by atoms with van der Waals surface area (Å²) in [4.78, 5) is 24.7. The van der Waals surface area contributed by atoms with Crippen molar-refractivity contribution in [1.82, 2.24) is 0 Å². The molecule has 0 amide bonds. The first-order chi connectivity index (χ1) is 16.2. The summed E-state index contributed by atoms with van der Waals surface area (Å²) in [5.74, 6) is -0.999. The molecule has 0 fully saturated rings. The van der Waals surface area contributed by atoms with Crippen LogP contribution in [0.15, 0.2) is 24.3 Å². The number of carbonyl (C=O) groups excluding carboxylic acids is 2. The van der Waals surface area contributed by atoms with Gasteiger partial charge in [-0.1, -0.05) is 103 Å². The minimum Gasteiger partial charge on any atom is -0.462 e. The van der Waals surface area contributed by atoms with Crippen molar-refractivity contribution < 1.29 is 23.8 Å². The number of esters is 2. The van der Waals surface area contributed by atoms with Crippen molar-refractivity contribution in [2.45, 2.75) is 104 Å². The highest BCUT2D eigenvalue weighted by atomic mass is 16.6. The van der Waals surface area contributed by atoms with E-state index in [2.05, 4.69) is 6.92 Å². The van der Waals surface area contributed by atoms with Crippen molar-refractivity contribution in [2.24, 2.45) is 0 Å². The van der Waals surface area contributed by atoms with E-state index in [9.17, 15) is 9.59 Å². The van der Waals surface area contributed by atoms with Crippen LogP contribution in [0.4, 0.5) is 0 Å². The van der Waals surface area contributed by atoms with Gasteiger partial charge in [0, 0.05) is 6.61 Å². The minimum atomic E-state index is -0.529.